The second-order valence-electron chi connectivity index (χ2n) is 4.86. The molecule has 1 atom stereocenters. The van der Waals surface area contributed by atoms with E-state index in [0.29, 0.717) is 30.2 Å². The van der Waals surface area contributed by atoms with E-state index in [-0.39, 0.29) is 6.61 Å². The van der Waals surface area contributed by atoms with Crippen molar-refractivity contribution in [1.82, 2.24) is 9.88 Å². The Hall–Kier alpha value is -1.46. The number of halogens is 1. The van der Waals surface area contributed by atoms with Crippen molar-refractivity contribution >= 4 is 11.6 Å². The first-order valence-electron chi connectivity index (χ1n) is 6.85. The quantitative estimate of drug-likeness (QED) is 0.824. The van der Waals surface area contributed by atoms with Crippen molar-refractivity contribution in [3.63, 3.8) is 0 Å². The van der Waals surface area contributed by atoms with Gasteiger partial charge in [-0.05, 0) is 17.7 Å². The summed E-state index contributed by atoms with van der Waals surface area (Å²) < 4.78 is 0. The van der Waals surface area contributed by atoms with Crippen LogP contribution in [0.4, 0.5) is 0 Å². The third-order valence-corrected chi connectivity index (χ3v) is 3.58. The van der Waals surface area contributed by atoms with Gasteiger partial charge in [-0.3, -0.25) is 9.88 Å². The van der Waals surface area contributed by atoms with Crippen LogP contribution >= 0.6 is 11.6 Å². The van der Waals surface area contributed by atoms with Gasteiger partial charge in [-0.25, -0.2) is 0 Å². The van der Waals surface area contributed by atoms with Crippen LogP contribution in [0, 0.1) is 0 Å². The number of rotatable bonds is 7. The molecular formula is C16H19ClN2O2. The summed E-state index contributed by atoms with van der Waals surface area (Å²) in [5.41, 5.74) is 1.74. The van der Waals surface area contributed by atoms with E-state index in [0.717, 1.165) is 5.56 Å². The van der Waals surface area contributed by atoms with E-state index in [4.69, 9.17) is 11.6 Å². The third-order valence-electron chi connectivity index (χ3n) is 3.24. The van der Waals surface area contributed by atoms with Crippen LogP contribution in [-0.4, -0.2) is 39.8 Å². The number of benzene rings is 1. The van der Waals surface area contributed by atoms with Crippen molar-refractivity contribution in [1.29, 1.82) is 0 Å². The molecule has 0 aliphatic carbocycles. The van der Waals surface area contributed by atoms with Crippen LogP contribution in [0.2, 0.25) is 5.02 Å². The highest BCUT2D eigenvalue weighted by Crippen LogP contribution is 2.23. The molecule has 0 fully saturated rings. The second kappa shape index (κ2) is 8.10. The Kier molecular flexibility index (Phi) is 6.14. The molecule has 0 aliphatic heterocycles. The summed E-state index contributed by atoms with van der Waals surface area (Å²) in [4.78, 5) is 6.05. The second-order valence-corrected chi connectivity index (χ2v) is 5.26. The van der Waals surface area contributed by atoms with Crippen molar-refractivity contribution in [3.8, 4) is 0 Å². The van der Waals surface area contributed by atoms with Crippen LogP contribution in [-0.2, 0) is 6.54 Å². The van der Waals surface area contributed by atoms with Gasteiger partial charge in [-0.15, -0.1) is 0 Å². The molecule has 0 spiro atoms. The minimum Gasteiger partial charge on any atom is -0.395 e. The monoisotopic (exact) mass is 306 g/mol. The van der Waals surface area contributed by atoms with E-state index in [9.17, 15) is 10.2 Å². The number of hydrogen-bond acceptors (Lipinski definition) is 4. The van der Waals surface area contributed by atoms with Crippen molar-refractivity contribution in [3.05, 3.63) is 64.9 Å². The van der Waals surface area contributed by atoms with Crippen LogP contribution in [0.5, 0.6) is 0 Å². The van der Waals surface area contributed by atoms with Crippen molar-refractivity contribution in [2.45, 2.75) is 12.6 Å². The molecule has 1 aromatic heterocycles. The highest BCUT2D eigenvalue weighted by Gasteiger charge is 2.16. The first-order chi connectivity index (χ1) is 10.2. The normalized spacial score (nSPS) is 12.6. The molecule has 1 heterocycles. The van der Waals surface area contributed by atoms with Gasteiger partial charge in [0.05, 0.1) is 12.7 Å². The lowest BCUT2D eigenvalue weighted by Crippen LogP contribution is -2.31. The molecule has 1 aromatic carbocycles. The summed E-state index contributed by atoms with van der Waals surface area (Å²) >= 11 is 6.10. The van der Waals surface area contributed by atoms with Crippen LogP contribution in [0.25, 0.3) is 0 Å². The van der Waals surface area contributed by atoms with Crippen LogP contribution in [0.3, 0.4) is 0 Å². The molecule has 112 valence electrons. The maximum atomic E-state index is 10.4. The molecule has 0 saturated heterocycles. The maximum absolute atomic E-state index is 10.4. The minimum atomic E-state index is -0.693. The van der Waals surface area contributed by atoms with Gasteiger partial charge >= 0.3 is 0 Å². The number of aliphatic hydroxyl groups excluding tert-OH is 2. The van der Waals surface area contributed by atoms with Gasteiger partial charge in [-0.1, -0.05) is 35.9 Å². The molecule has 0 radical (unpaired) electrons. The summed E-state index contributed by atoms with van der Waals surface area (Å²) in [5.74, 6) is 0. The lowest BCUT2D eigenvalue weighted by molar-refractivity contribution is 0.0957. The first-order valence-corrected chi connectivity index (χ1v) is 7.23. The largest absolute Gasteiger partial charge is 0.395 e. The summed E-state index contributed by atoms with van der Waals surface area (Å²) in [6.07, 6.45) is 2.81. The molecule has 21 heavy (non-hydrogen) atoms. The van der Waals surface area contributed by atoms with Crippen molar-refractivity contribution in [2.75, 3.05) is 19.7 Å². The SMILES string of the molecule is OCCN(Cc1cccnc1)CC(O)c1ccccc1Cl. The molecule has 4 nitrogen and oxygen atoms in total. The van der Waals surface area contributed by atoms with Crippen molar-refractivity contribution in [2.24, 2.45) is 0 Å². The predicted molar refractivity (Wildman–Crippen MR) is 83.0 cm³/mol. The Morgan fingerprint density at radius 1 is 1.19 bits per heavy atom. The lowest BCUT2D eigenvalue weighted by Gasteiger charge is -2.24. The fourth-order valence-electron chi connectivity index (χ4n) is 2.21. The standard InChI is InChI=1S/C16H19ClN2O2/c17-15-6-2-1-5-14(15)16(21)12-19(8-9-20)11-13-4-3-7-18-10-13/h1-7,10,16,20-21H,8-9,11-12H2. The van der Waals surface area contributed by atoms with Gasteiger partial charge in [0.2, 0.25) is 0 Å². The number of aromatic nitrogens is 1. The zero-order valence-electron chi connectivity index (χ0n) is 11.7. The smallest absolute Gasteiger partial charge is 0.0931 e. The molecule has 0 saturated carbocycles. The summed E-state index contributed by atoms with van der Waals surface area (Å²) in [7, 11) is 0. The number of pyridine rings is 1. The van der Waals surface area contributed by atoms with E-state index in [1.165, 1.54) is 0 Å². The van der Waals surface area contributed by atoms with E-state index in [2.05, 4.69) is 4.98 Å². The average Bonchev–Trinajstić information content (AvgIpc) is 2.49. The van der Waals surface area contributed by atoms with Gasteiger partial charge in [-0.2, -0.15) is 0 Å². The molecule has 0 aliphatic rings. The average molecular weight is 307 g/mol. The molecule has 5 heteroatoms. The van der Waals surface area contributed by atoms with Crippen LogP contribution < -0.4 is 0 Å². The highest BCUT2D eigenvalue weighted by molar-refractivity contribution is 6.31. The molecule has 2 N–H and O–H groups in total. The molecular weight excluding hydrogens is 288 g/mol. The Balaban J connectivity index is 2.04. The van der Waals surface area contributed by atoms with Gasteiger partial charge in [0, 0.05) is 42.6 Å². The van der Waals surface area contributed by atoms with Gasteiger partial charge < -0.3 is 10.2 Å². The summed E-state index contributed by atoms with van der Waals surface area (Å²) in [6, 6.07) is 11.1. The Labute approximate surface area is 129 Å². The summed E-state index contributed by atoms with van der Waals surface area (Å²) in [6.45, 7) is 1.54. The highest BCUT2D eigenvalue weighted by atomic mass is 35.5. The maximum Gasteiger partial charge on any atom is 0.0931 e. The summed E-state index contributed by atoms with van der Waals surface area (Å²) in [5, 5.41) is 20.1. The molecule has 2 rings (SSSR count). The Morgan fingerprint density at radius 3 is 2.67 bits per heavy atom. The molecule has 2 aromatic rings. The third kappa shape index (κ3) is 4.79. The van der Waals surface area contributed by atoms with Crippen LogP contribution in [0.15, 0.2) is 48.8 Å². The van der Waals surface area contributed by atoms with Crippen molar-refractivity contribution < 1.29 is 10.2 Å². The molecule has 1 unspecified atom stereocenters. The first kappa shape index (κ1) is 15.9. The van der Waals surface area contributed by atoms with E-state index >= 15 is 0 Å². The zero-order chi connectivity index (χ0) is 15.1. The molecule has 0 amide bonds. The van der Waals surface area contributed by atoms with E-state index in [1.54, 1.807) is 18.5 Å². The zero-order valence-corrected chi connectivity index (χ0v) is 12.4. The number of hydrogen-bond donors (Lipinski definition) is 2. The topological polar surface area (TPSA) is 56.6 Å². The van der Waals surface area contributed by atoms with Gasteiger partial charge in [0.1, 0.15) is 0 Å². The van der Waals surface area contributed by atoms with Gasteiger partial charge in [0.25, 0.3) is 0 Å². The Bertz CT molecular complexity index is 551. The fraction of sp³-hybridized carbons (Fsp3) is 0.312. The number of nitrogens with zero attached hydrogens (tertiary/aromatic N) is 2. The van der Waals surface area contributed by atoms with E-state index < -0.39 is 6.10 Å². The van der Waals surface area contributed by atoms with Crippen LogP contribution in [0.1, 0.15) is 17.2 Å². The fourth-order valence-corrected chi connectivity index (χ4v) is 2.48. The number of aliphatic hydroxyl groups is 2. The predicted octanol–water partition coefficient (Wildman–Crippen LogP) is 2.26. The lowest BCUT2D eigenvalue weighted by atomic mass is 10.1. The minimum absolute atomic E-state index is 0.0372. The molecule has 0 bridgehead atoms. The van der Waals surface area contributed by atoms with E-state index in [1.807, 2.05) is 35.2 Å². The van der Waals surface area contributed by atoms with Gasteiger partial charge in [0.15, 0.2) is 0 Å². The Morgan fingerprint density at radius 2 is 2.00 bits per heavy atom.